The minimum Gasteiger partial charge on any atom is -0.506 e. The number of rotatable bonds is 3. The summed E-state index contributed by atoms with van der Waals surface area (Å²) in [6, 6.07) is 0. The number of fused-ring (bicyclic) bond motifs is 1. The van der Waals surface area contributed by atoms with Crippen LogP contribution in [0.25, 0.3) is 10.2 Å². The van der Waals surface area contributed by atoms with Crippen molar-refractivity contribution in [3.05, 3.63) is 22.2 Å². The van der Waals surface area contributed by atoms with E-state index >= 15 is 0 Å². The Balaban J connectivity index is 1.99. The van der Waals surface area contributed by atoms with Crippen LogP contribution < -0.4 is 0 Å². The van der Waals surface area contributed by atoms with Crippen LogP contribution in [-0.4, -0.2) is 52.4 Å². The van der Waals surface area contributed by atoms with Crippen molar-refractivity contribution in [1.29, 1.82) is 0 Å². The molecule has 0 bridgehead atoms. The average Bonchev–Trinajstić information content (AvgIpc) is 2.77. The third kappa shape index (κ3) is 2.59. The topological polar surface area (TPSA) is 82.9 Å². The number of hydrogen-bond donors (Lipinski definition) is 2. The molecule has 3 rings (SSSR count). The summed E-state index contributed by atoms with van der Waals surface area (Å²) in [5, 5.41) is 19.8. The molecular weight excluding hydrogens is 292 g/mol. The number of aromatic carboxylic acids is 1. The zero-order chi connectivity index (χ0) is 15.0. The van der Waals surface area contributed by atoms with Gasteiger partial charge in [0.05, 0.1) is 18.6 Å². The Hall–Kier alpha value is -1.70. The van der Waals surface area contributed by atoms with E-state index in [0.29, 0.717) is 10.2 Å². The van der Waals surface area contributed by atoms with E-state index < -0.39 is 5.97 Å². The number of nitrogens with zero attached hydrogens (tertiary/aromatic N) is 2. The highest BCUT2D eigenvalue weighted by molar-refractivity contribution is 7.18. The van der Waals surface area contributed by atoms with Crippen LogP contribution in [0.3, 0.4) is 0 Å². The smallest absolute Gasteiger partial charge is 0.341 e. The number of carboxylic acids is 1. The lowest BCUT2D eigenvalue weighted by Crippen LogP contribution is -2.35. The number of pyridine rings is 1. The third-order valence-corrected chi connectivity index (χ3v) is 4.92. The standard InChI is InChI=1S/C14H16N2O4S/c1-8-10(7-16-2-4-20-5-3-16)21-13-11(8)12(17)9(6-15-13)14(18)19/h6H,2-5,7H2,1H3,(H,15,17)(H,18,19). The van der Waals surface area contributed by atoms with Gasteiger partial charge in [-0.05, 0) is 12.5 Å². The molecular formula is C14H16N2O4S. The van der Waals surface area contributed by atoms with Crippen molar-refractivity contribution >= 4 is 27.5 Å². The average molecular weight is 308 g/mol. The molecule has 0 spiro atoms. The molecule has 0 saturated carbocycles. The van der Waals surface area contributed by atoms with Gasteiger partial charge in [-0.3, -0.25) is 4.90 Å². The molecule has 1 saturated heterocycles. The molecule has 1 aliphatic heterocycles. The minimum atomic E-state index is -1.16. The van der Waals surface area contributed by atoms with E-state index in [0.717, 1.165) is 43.3 Å². The predicted octanol–water partition coefficient (Wildman–Crippen LogP) is 1.84. The van der Waals surface area contributed by atoms with Crippen LogP contribution in [0, 0.1) is 6.92 Å². The zero-order valence-corrected chi connectivity index (χ0v) is 12.4. The third-order valence-electron chi connectivity index (χ3n) is 3.73. The molecule has 112 valence electrons. The summed E-state index contributed by atoms with van der Waals surface area (Å²) >= 11 is 1.51. The van der Waals surface area contributed by atoms with Crippen molar-refractivity contribution in [3.63, 3.8) is 0 Å². The van der Waals surface area contributed by atoms with E-state index in [1.165, 1.54) is 17.5 Å². The van der Waals surface area contributed by atoms with Crippen LogP contribution >= 0.6 is 11.3 Å². The second-order valence-corrected chi connectivity index (χ2v) is 6.13. The number of aromatic hydroxyl groups is 1. The Kier molecular flexibility index (Phi) is 3.79. The maximum atomic E-state index is 11.1. The maximum Gasteiger partial charge on any atom is 0.341 e. The summed E-state index contributed by atoms with van der Waals surface area (Å²) in [6.07, 6.45) is 1.22. The second kappa shape index (κ2) is 5.59. The molecule has 0 radical (unpaired) electrons. The lowest BCUT2D eigenvalue weighted by Gasteiger charge is -2.26. The van der Waals surface area contributed by atoms with E-state index in [9.17, 15) is 9.90 Å². The first-order chi connectivity index (χ1) is 10.1. The monoisotopic (exact) mass is 308 g/mol. The first kappa shape index (κ1) is 14.2. The molecule has 1 aliphatic rings. The van der Waals surface area contributed by atoms with Gasteiger partial charge in [-0.1, -0.05) is 0 Å². The fraction of sp³-hybridized carbons (Fsp3) is 0.429. The largest absolute Gasteiger partial charge is 0.506 e. The SMILES string of the molecule is Cc1c(CN2CCOCC2)sc2ncc(C(=O)O)c(O)c12. The summed E-state index contributed by atoms with van der Waals surface area (Å²) in [4.78, 5) is 19.3. The highest BCUT2D eigenvalue weighted by Crippen LogP contribution is 2.37. The van der Waals surface area contributed by atoms with Crippen LogP contribution in [0.1, 0.15) is 20.8 Å². The normalized spacial score (nSPS) is 16.4. The number of morpholine rings is 1. The molecule has 0 atom stereocenters. The maximum absolute atomic E-state index is 11.1. The minimum absolute atomic E-state index is 0.152. The molecule has 7 heteroatoms. The number of aryl methyl sites for hydroxylation is 1. The van der Waals surface area contributed by atoms with E-state index in [4.69, 9.17) is 9.84 Å². The van der Waals surface area contributed by atoms with Gasteiger partial charge >= 0.3 is 5.97 Å². The fourth-order valence-corrected chi connectivity index (χ4v) is 3.70. The highest BCUT2D eigenvalue weighted by atomic mass is 32.1. The summed E-state index contributed by atoms with van der Waals surface area (Å²) in [5.74, 6) is -1.35. The van der Waals surface area contributed by atoms with E-state index in [1.54, 1.807) is 0 Å². The molecule has 3 heterocycles. The zero-order valence-electron chi connectivity index (χ0n) is 11.6. The van der Waals surface area contributed by atoms with Gasteiger partial charge in [0, 0.05) is 30.7 Å². The number of ether oxygens (including phenoxy) is 1. The van der Waals surface area contributed by atoms with Crippen LogP contribution in [0.5, 0.6) is 5.75 Å². The Labute approximate surface area is 125 Å². The molecule has 2 aromatic heterocycles. The summed E-state index contributed by atoms with van der Waals surface area (Å²) in [7, 11) is 0. The summed E-state index contributed by atoms with van der Waals surface area (Å²) in [6.45, 7) is 5.91. The highest BCUT2D eigenvalue weighted by Gasteiger charge is 2.21. The van der Waals surface area contributed by atoms with E-state index in [-0.39, 0.29) is 11.3 Å². The van der Waals surface area contributed by atoms with Crippen LogP contribution in [0.15, 0.2) is 6.20 Å². The van der Waals surface area contributed by atoms with Crippen molar-refractivity contribution in [2.45, 2.75) is 13.5 Å². The molecule has 0 unspecified atom stereocenters. The number of hydrogen-bond acceptors (Lipinski definition) is 6. The Morgan fingerprint density at radius 3 is 2.86 bits per heavy atom. The number of aromatic nitrogens is 1. The first-order valence-corrected chi connectivity index (χ1v) is 7.53. The van der Waals surface area contributed by atoms with Crippen LogP contribution in [0.4, 0.5) is 0 Å². The molecule has 6 nitrogen and oxygen atoms in total. The second-order valence-electron chi connectivity index (χ2n) is 5.04. The van der Waals surface area contributed by atoms with Crippen molar-refractivity contribution < 1.29 is 19.7 Å². The molecule has 1 fully saturated rings. The van der Waals surface area contributed by atoms with Gasteiger partial charge in [0.15, 0.2) is 0 Å². The quantitative estimate of drug-likeness (QED) is 0.900. The number of carbonyl (C=O) groups is 1. The molecule has 0 amide bonds. The molecule has 21 heavy (non-hydrogen) atoms. The molecule has 2 N–H and O–H groups in total. The van der Waals surface area contributed by atoms with Crippen molar-refractivity contribution in [1.82, 2.24) is 9.88 Å². The summed E-state index contributed by atoms with van der Waals surface area (Å²) in [5.41, 5.74) is 0.760. The van der Waals surface area contributed by atoms with Crippen LogP contribution in [-0.2, 0) is 11.3 Å². The van der Waals surface area contributed by atoms with Gasteiger partial charge in [0.25, 0.3) is 0 Å². The van der Waals surface area contributed by atoms with Crippen molar-refractivity contribution in [3.8, 4) is 5.75 Å². The van der Waals surface area contributed by atoms with E-state index in [2.05, 4.69) is 9.88 Å². The fourth-order valence-electron chi connectivity index (χ4n) is 2.50. The van der Waals surface area contributed by atoms with Crippen molar-refractivity contribution in [2.24, 2.45) is 0 Å². The lowest BCUT2D eigenvalue weighted by molar-refractivity contribution is 0.0346. The van der Waals surface area contributed by atoms with Crippen LogP contribution in [0.2, 0.25) is 0 Å². The van der Waals surface area contributed by atoms with Gasteiger partial charge in [-0.15, -0.1) is 11.3 Å². The van der Waals surface area contributed by atoms with Gasteiger partial charge in [-0.2, -0.15) is 0 Å². The summed E-state index contributed by atoms with van der Waals surface area (Å²) < 4.78 is 5.33. The van der Waals surface area contributed by atoms with E-state index in [1.807, 2.05) is 6.92 Å². The number of carboxylic acid groups (broad SMARTS) is 1. The van der Waals surface area contributed by atoms with Crippen molar-refractivity contribution in [2.75, 3.05) is 26.3 Å². The lowest BCUT2D eigenvalue weighted by atomic mass is 10.1. The predicted molar refractivity (Wildman–Crippen MR) is 79.1 cm³/mol. The molecule has 2 aromatic rings. The Morgan fingerprint density at radius 1 is 1.48 bits per heavy atom. The Morgan fingerprint density at radius 2 is 2.19 bits per heavy atom. The van der Waals surface area contributed by atoms with Gasteiger partial charge in [0.2, 0.25) is 0 Å². The Bertz CT molecular complexity index is 692. The van der Waals surface area contributed by atoms with Gasteiger partial charge in [0.1, 0.15) is 16.1 Å². The molecule has 0 aromatic carbocycles. The van der Waals surface area contributed by atoms with Gasteiger partial charge in [-0.25, -0.2) is 9.78 Å². The number of thiophene rings is 1. The first-order valence-electron chi connectivity index (χ1n) is 6.71. The molecule has 0 aliphatic carbocycles. The van der Waals surface area contributed by atoms with Gasteiger partial charge < -0.3 is 14.9 Å².